The van der Waals surface area contributed by atoms with Gasteiger partial charge in [0.1, 0.15) is 11.9 Å². The number of aliphatic hydroxyl groups is 1. The van der Waals surface area contributed by atoms with E-state index < -0.39 is 6.10 Å². The fourth-order valence-corrected chi connectivity index (χ4v) is 2.11. The molecule has 2 rings (SSSR count). The third-order valence-corrected chi connectivity index (χ3v) is 3.01. The van der Waals surface area contributed by atoms with Crippen molar-refractivity contribution in [2.75, 3.05) is 6.61 Å². The Morgan fingerprint density at radius 3 is 2.88 bits per heavy atom. The molecule has 0 saturated heterocycles. The standard InChI is InChI=1S/C13H15ClO2/c1-9-5-6-10(11(14)8-9)13(15)12-4-2-3-7-16-12/h4-6,8,13,15H,2-3,7H2,1H3. The summed E-state index contributed by atoms with van der Waals surface area (Å²) < 4.78 is 5.43. The van der Waals surface area contributed by atoms with Gasteiger partial charge in [0.15, 0.2) is 0 Å². The highest BCUT2D eigenvalue weighted by atomic mass is 35.5. The first kappa shape index (κ1) is 11.5. The smallest absolute Gasteiger partial charge is 0.137 e. The van der Waals surface area contributed by atoms with E-state index in [1.54, 1.807) is 0 Å². The lowest BCUT2D eigenvalue weighted by Crippen LogP contribution is -2.10. The number of aryl methyl sites for hydroxylation is 1. The molecule has 0 aliphatic carbocycles. The van der Waals surface area contributed by atoms with Crippen molar-refractivity contribution in [3.05, 3.63) is 46.2 Å². The summed E-state index contributed by atoms with van der Waals surface area (Å²) in [6, 6.07) is 5.64. The predicted molar refractivity (Wildman–Crippen MR) is 64.4 cm³/mol. The van der Waals surface area contributed by atoms with Gasteiger partial charge in [0, 0.05) is 10.6 Å². The van der Waals surface area contributed by atoms with Gasteiger partial charge in [0.25, 0.3) is 0 Å². The van der Waals surface area contributed by atoms with E-state index in [1.807, 2.05) is 31.2 Å². The van der Waals surface area contributed by atoms with Gasteiger partial charge < -0.3 is 9.84 Å². The second-order valence-corrected chi connectivity index (χ2v) is 4.43. The fourth-order valence-electron chi connectivity index (χ4n) is 1.77. The maximum Gasteiger partial charge on any atom is 0.137 e. The maximum atomic E-state index is 10.1. The van der Waals surface area contributed by atoms with Gasteiger partial charge in [-0.2, -0.15) is 0 Å². The van der Waals surface area contributed by atoms with Crippen molar-refractivity contribution in [2.45, 2.75) is 25.9 Å². The van der Waals surface area contributed by atoms with E-state index in [1.165, 1.54) is 0 Å². The average Bonchev–Trinajstić information content (AvgIpc) is 2.29. The molecule has 1 unspecified atom stereocenters. The fraction of sp³-hybridized carbons (Fsp3) is 0.385. The van der Waals surface area contributed by atoms with Crippen LogP contribution in [0.1, 0.15) is 30.1 Å². The lowest BCUT2D eigenvalue weighted by molar-refractivity contribution is 0.0918. The third kappa shape index (κ3) is 2.39. The van der Waals surface area contributed by atoms with Crippen molar-refractivity contribution in [2.24, 2.45) is 0 Å². The van der Waals surface area contributed by atoms with Gasteiger partial charge in [-0.05, 0) is 37.5 Å². The van der Waals surface area contributed by atoms with Gasteiger partial charge in [-0.3, -0.25) is 0 Å². The third-order valence-electron chi connectivity index (χ3n) is 2.68. The number of ether oxygens (including phenoxy) is 1. The molecule has 0 fully saturated rings. The number of allylic oxidation sites excluding steroid dienone is 1. The van der Waals surface area contributed by atoms with Crippen LogP contribution in [0.2, 0.25) is 5.02 Å². The van der Waals surface area contributed by atoms with Gasteiger partial charge in [-0.15, -0.1) is 0 Å². The van der Waals surface area contributed by atoms with E-state index in [9.17, 15) is 5.11 Å². The van der Waals surface area contributed by atoms with Crippen LogP contribution in [0, 0.1) is 6.92 Å². The SMILES string of the molecule is Cc1ccc(C(O)C2=CCCCO2)c(Cl)c1. The van der Waals surface area contributed by atoms with Crippen LogP contribution in [0.25, 0.3) is 0 Å². The number of rotatable bonds is 2. The van der Waals surface area contributed by atoms with Crippen molar-refractivity contribution >= 4 is 11.6 Å². The molecule has 1 atom stereocenters. The minimum absolute atomic E-state index is 0.586. The van der Waals surface area contributed by atoms with Crippen molar-refractivity contribution < 1.29 is 9.84 Å². The molecule has 1 N–H and O–H groups in total. The summed E-state index contributed by atoms with van der Waals surface area (Å²) in [4.78, 5) is 0. The molecule has 0 aromatic heterocycles. The summed E-state index contributed by atoms with van der Waals surface area (Å²) in [5.41, 5.74) is 1.79. The molecule has 1 aromatic carbocycles. The molecule has 2 nitrogen and oxygen atoms in total. The highest BCUT2D eigenvalue weighted by Gasteiger charge is 2.19. The van der Waals surface area contributed by atoms with E-state index in [-0.39, 0.29) is 0 Å². The Morgan fingerprint density at radius 1 is 1.44 bits per heavy atom. The predicted octanol–water partition coefficient (Wildman–Crippen LogP) is 3.38. The van der Waals surface area contributed by atoms with E-state index in [2.05, 4.69) is 0 Å². The molecular formula is C13H15ClO2. The minimum atomic E-state index is -0.742. The minimum Gasteiger partial charge on any atom is -0.495 e. The number of hydrogen-bond acceptors (Lipinski definition) is 2. The Hall–Kier alpha value is -0.990. The second kappa shape index (κ2) is 4.89. The van der Waals surface area contributed by atoms with Gasteiger partial charge in [-0.25, -0.2) is 0 Å². The van der Waals surface area contributed by atoms with Crippen molar-refractivity contribution in [3.63, 3.8) is 0 Å². The molecule has 0 bridgehead atoms. The summed E-state index contributed by atoms with van der Waals surface area (Å²) in [7, 11) is 0. The summed E-state index contributed by atoms with van der Waals surface area (Å²) >= 11 is 6.10. The first-order chi connectivity index (χ1) is 7.68. The van der Waals surface area contributed by atoms with E-state index in [4.69, 9.17) is 16.3 Å². The number of hydrogen-bond donors (Lipinski definition) is 1. The topological polar surface area (TPSA) is 29.5 Å². The van der Waals surface area contributed by atoms with Crippen molar-refractivity contribution in [1.82, 2.24) is 0 Å². The molecule has 1 aliphatic rings. The number of benzene rings is 1. The largest absolute Gasteiger partial charge is 0.495 e. The first-order valence-corrected chi connectivity index (χ1v) is 5.83. The molecular weight excluding hydrogens is 224 g/mol. The van der Waals surface area contributed by atoms with Gasteiger partial charge in [-0.1, -0.05) is 23.7 Å². The molecule has 3 heteroatoms. The van der Waals surface area contributed by atoms with Gasteiger partial charge in [0.05, 0.1) is 6.61 Å². The van der Waals surface area contributed by atoms with E-state index >= 15 is 0 Å². The molecule has 86 valence electrons. The van der Waals surface area contributed by atoms with Crippen LogP contribution in [-0.2, 0) is 4.74 Å². The van der Waals surface area contributed by atoms with Crippen molar-refractivity contribution in [1.29, 1.82) is 0 Å². The summed E-state index contributed by atoms with van der Waals surface area (Å²) in [5.74, 6) is 0.622. The zero-order valence-electron chi connectivity index (χ0n) is 9.24. The lowest BCUT2D eigenvalue weighted by atomic mass is 10.0. The van der Waals surface area contributed by atoms with Crippen LogP contribution in [-0.4, -0.2) is 11.7 Å². The van der Waals surface area contributed by atoms with Crippen LogP contribution in [0.4, 0.5) is 0 Å². The molecule has 1 aliphatic heterocycles. The van der Waals surface area contributed by atoms with Crippen LogP contribution in [0.5, 0.6) is 0 Å². The van der Waals surface area contributed by atoms with E-state index in [0.717, 1.165) is 18.4 Å². The molecule has 16 heavy (non-hydrogen) atoms. The van der Waals surface area contributed by atoms with Gasteiger partial charge >= 0.3 is 0 Å². The van der Waals surface area contributed by atoms with Gasteiger partial charge in [0.2, 0.25) is 0 Å². The van der Waals surface area contributed by atoms with Crippen LogP contribution < -0.4 is 0 Å². The Labute approximate surface area is 101 Å². The van der Waals surface area contributed by atoms with Crippen LogP contribution in [0.3, 0.4) is 0 Å². The monoisotopic (exact) mass is 238 g/mol. The highest BCUT2D eigenvalue weighted by Crippen LogP contribution is 2.31. The summed E-state index contributed by atoms with van der Waals surface area (Å²) in [6.45, 7) is 2.64. The van der Waals surface area contributed by atoms with E-state index in [0.29, 0.717) is 23.0 Å². The molecule has 0 radical (unpaired) electrons. The molecule has 1 aromatic rings. The molecule has 1 heterocycles. The quantitative estimate of drug-likeness (QED) is 0.856. The Balaban J connectivity index is 2.26. The Bertz CT molecular complexity index is 412. The zero-order valence-corrected chi connectivity index (χ0v) is 10.00. The van der Waals surface area contributed by atoms with Crippen LogP contribution >= 0.6 is 11.6 Å². The normalized spacial score (nSPS) is 17.6. The van der Waals surface area contributed by atoms with Crippen molar-refractivity contribution in [3.8, 4) is 0 Å². The summed E-state index contributed by atoms with van der Waals surface area (Å²) in [5, 5.41) is 10.7. The second-order valence-electron chi connectivity index (χ2n) is 4.02. The highest BCUT2D eigenvalue weighted by molar-refractivity contribution is 6.31. The number of halogens is 1. The Kier molecular flexibility index (Phi) is 3.52. The molecule has 0 saturated carbocycles. The average molecular weight is 239 g/mol. The number of aliphatic hydroxyl groups excluding tert-OH is 1. The molecule has 0 amide bonds. The summed E-state index contributed by atoms with van der Waals surface area (Å²) in [6.07, 6.45) is 3.16. The van der Waals surface area contributed by atoms with Crippen LogP contribution in [0.15, 0.2) is 30.0 Å². The first-order valence-electron chi connectivity index (χ1n) is 5.45. The lowest BCUT2D eigenvalue weighted by Gasteiger charge is -2.20. The maximum absolute atomic E-state index is 10.1. The zero-order chi connectivity index (χ0) is 11.5. The Morgan fingerprint density at radius 2 is 2.25 bits per heavy atom. The molecule has 0 spiro atoms.